The van der Waals surface area contributed by atoms with Crippen LogP contribution in [0.25, 0.3) is 0 Å². The van der Waals surface area contributed by atoms with E-state index in [4.69, 9.17) is 0 Å². The van der Waals surface area contributed by atoms with Crippen molar-refractivity contribution in [3.8, 4) is 0 Å². The number of carbonyl (C=O) groups excluding carboxylic acids is 1. The molecule has 0 saturated carbocycles. The van der Waals surface area contributed by atoms with Crippen molar-refractivity contribution in [2.24, 2.45) is 0 Å². The first-order chi connectivity index (χ1) is 11.6. The smallest absolute Gasteiger partial charge is 0.256 e. The number of nitrogens with one attached hydrogen (secondary N) is 2. The molecule has 0 spiro atoms. The van der Waals surface area contributed by atoms with Crippen LogP contribution in [0.2, 0.25) is 0 Å². The van der Waals surface area contributed by atoms with Crippen LogP contribution in [0.4, 0.5) is 21.6 Å². The Hall–Kier alpha value is -2.73. The van der Waals surface area contributed by atoms with Crippen LogP contribution in [0.1, 0.15) is 10.4 Å². The molecule has 0 atom stereocenters. The number of rotatable bonds is 4. The van der Waals surface area contributed by atoms with Crippen molar-refractivity contribution in [1.82, 2.24) is 4.98 Å². The first-order valence-electron chi connectivity index (χ1n) is 7.16. The van der Waals surface area contributed by atoms with Crippen molar-refractivity contribution in [3.05, 3.63) is 82.7 Å². The summed E-state index contributed by atoms with van der Waals surface area (Å²) < 4.78 is 14.1. The highest BCUT2D eigenvalue weighted by molar-refractivity contribution is 9.10. The Kier molecular flexibility index (Phi) is 4.86. The van der Waals surface area contributed by atoms with Crippen molar-refractivity contribution < 1.29 is 9.18 Å². The van der Waals surface area contributed by atoms with Gasteiger partial charge < -0.3 is 10.6 Å². The molecule has 3 rings (SSSR count). The predicted octanol–water partition coefficient (Wildman–Crippen LogP) is 4.98. The van der Waals surface area contributed by atoms with E-state index in [-0.39, 0.29) is 5.56 Å². The Morgan fingerprint density at radius 1 is 1.00 bits per heavy atom. The summed E-state index contributed by atoms with van der Waals surface area (Å²) in [7, 11) is 0. The molecule has 6 heteroatoms. The Morgan fingerprint density at radius 3 is 2.54 bits per heavy atom. The lowest BCUT2D eigenvalue weighted by Crippen LogP contribution is -2.13. The van der Waals surface area contributed by atoms with Crippen LogP contribution < -0.4 is 10.6 Å². The molecule has 120 valence electrons. The molecule has 0 saturated heterocycles. The highest BCUT2D eigenvalue weighted by atomic mass is 79.9. The standard InChI is InChI=1S/C18H13BrFN3O/c19-13-4-2-6-15(10-13)22-16-7-8-17(21-11-16)23-18(24)12-3-1-5-14(20)9-12/h1-11,22H,(H,21,23,24). The zero-order valence-electron chi connectivity index (χ0n) is 12.5. The van der Waals surface area contributed by atoms with Gasteiger partial charge in [0.2, 0.25) is 0 Å². The maximum absolute atomic E-state index is 13.1. The van der Waals surface area contributed by atoms with Gasteiger partial charge in [-0.05, 0) is 48.5 Å². The molecule has 2 N–H and O–H groups in total. The minimum absolute atomic E-state index is 0.244. The third-order valence-corrected chi connectivity index (χ3v) is 3.70. The second-order valence-corrected chi connectivity index (χ2v) is 5.95. The van der Waals surface area contributed by atoms with E-state index in [1.54, 1.807) is 24.4 Å². The lowest BCUT2D eigenvalue weighted by Gasteiger charge is -2.08. The van der Waals surface area contributed by atoms with E-state index in [9.17, 15) is 9.18 Å². The topological polar surface area (TPSA) is 54.0 Å². The van der Waals surface area contributed by atoms with E-state index in [1.165, 1.54) is 18.2 Å². The quantitative estimate of drug-likeness (QED) is 0.665. The molecule has 4 nitrogen and oxygen atoms in total. The zero-order valence-corrected chi connectivity index (χ0v) is 14.0. The monoisotopic (exact) mass is 385 g/mol. The van der Waals surface area contributed by atoms with E-state index in [0.717, 1.165) is 15.8 Å². The minimum atomic E-state index is -0.454. The van der Waals surface area contributed by atoms with Gasteiger partial charge in [0.05, 0.1) is 11.9 Å². The number of amides is 1. The van der Waals surface area contributed by atoms with Gasteiger partial charge in [0.1, 0.15) is 11.6 Å². The summed E-state index contributed by atoms with van der Waals surface area (Å²) in [4.78, 5) is 16.2. The van der Waals surface area contributed by atoms with Gasteiger partial charge in [-0.1, -0.05) is 28.1 Å². The van der Waals surface area contributed by atoms with Gasteiger partial charge in [-0.2, -0.15) is 0 Å². The molecule has 0 bridgehead atoms. The van der Waals surface area contributed by atoms with Gasteiger partial charge in [0.25, 0.3) is 5.91 Å². The Labute approximate surface area is 146 Å². The number of hydrogen-bond acceptors (Lipinski definition) is 3. The normalized spacial score (nSPS) is 10.2. The summed E-state index contributed by atoms with van der Waals surface area (Å²) in [6, 6.07) is 16.7. The van der Waals surface area contributed by atoms with Crippen LogP contribution in [0.3, 0.4) is 0 Å². The summed E-state index contributed by atoms with van der Waals surface area (Å²) in [5.74, 6) is -0.470. The summed E-state index contributed by atoms with van der Waals surface area (Å²) in [6.07, 6.45) is 1.61. The number of halogens is 2. The van der Waals surface area contributed by atoms with Crippen molar-refractivity contribution in [1.29, 1.82) is 0 Å². The molecule has 0 aliphatic rings. The molecule has 2 aromatic carbocycles. The van der Waals surface area contributed by atoms with E-state index in [0.29, 0.717) is 5.82 Å². The van der Waals surface area contributed by atoms with Crippen molar-refractivity contribution in [3.63, 3.8) is 0 Å². The maximum atomic E-state index is 13.1. The summed E-state index contributed by atoms with van der Waals surface area (Å²) in [5.41, 5.74) is 1.95. The average Bonchev–Trinajstić information content (AvgIpc) is 2.57. The highest BCUT2D eigenvalue weighted by Crippen LogP contribution is 2.20. The molecule has 0 aliphatic heterocycles. The fourth-order valence-corrected chi connectivity index (χ4v) is 2.49. The lowest BCUT2D eigenvalue weighted by atomic mass is 10.2. The Morgan fingerprint density at radius 2 is 1.83 bits per heavy atom. The largest absolute Gasteiger partial charge is 0.354 e. The summed E-state index contributed by atoms with van der Waals surface area (Å²) in [5, 5.41) is 5.84. The number of benzene rings is 2. The molecule has 1 amide bonds. The third kappa shape index (κ3) is 4.17. The third-order valence-electron chi connectivity index (χ3n) is 3.21. The van der Waals surface area contributed by atoms with Crippen LogP contribution in [-0.2, 0) is 0 Å². The number of carbonyl (C=O) groups is 1. The van der Waals surface area contributed by atoms with Gasteiger partial charge >= 0.3 is 0 Å². The summed E-state index contributed by atoms with van der Waals surface area (Å²) >= 11 is 3.41. The Balaban J connectivity index is 1.67. The van der Waals surface area contributed by atoms with Gasteiger partial charge in [-0.3, -0.25) is 4.79 Å². The molecule has 1 heterocycles. The van der Waals surface area contributed by atoms with Gasteiger partial charge in [-0.25, -0.2) is 9.37 Å². The molecule has 3 aromatic rings. The van der Waals surface area contributed by atoms with Crippen LogP contribution in [0.5, 0.6) is 0 Å². The lowest BCUT2D eigenvalue weighted by molar-refractivity contribution is 0.102. The average molecular weight is 386 g/mol. The van der Waals surface area contributed by atoms with Gasteiger partial charge in [0, 0.05) is 15.7 Å². The fourth-order valence-electron chi connectivity index (χ4n) is 2.09. The second kappa shape index (κ2) is 7.23. The van der Waals surface area contributed by atoms with Crippen LogP contribution in [0, 0.1) is 5.82 Å². The SMILES string of the molecule is O=C(Nc1ccc(Nc2cccc(Br)c2)cn1)c1cccc(F)c1. The van der Waals surface area contributed by atoms with Crippen LogP contribution >= 0.6 is 15.9 Å². The zero-order chi connectivity index (χ0) is 16.9. The van der Waals surface area contributed by atoms with Gasteiger partial charge in [0.15, 0.2) is 0 Å². The van der Waals surface area contributed by atoms with E-state index in [2.05, 4.69) is 31.5 Å². The first-order valence-corrected chi connectivity index (χ1v) is 7.95. The fraction of sp³-hybridized carbons (Fsp3) is 0. The van der Waals surface area contributed by atoms with Gasteiger partial charge in [-0.15, -0.1) is 0 Å². The Bertz CT molecular complexity index is 868. The molecule has 0 radical (unpaired) electrons. The van der Waals surface area contributed by atoms with Crippen molar-refractivity contribution in [2.45, 2.75) is 0 Å². The van der Waals surface area contributed by atoms with E-state index >= 15 is 0 Å². The van der Waals surface area contributed by atoms with Crippen LogP contribution in [-0.4, -0.2) is 10.9 Å². The van der Waals surface area contributed by atoms with Crippen molar-refractivity contribution in [2.75, 3.05) is 10.6 Å². The molecule has 0 fully saturated rings. The number of hydrogen-bond donors (Lipinski definition) is 2. The first kappa shape index (κ1) is 16.1. The highest BCUT2D eigenvalue weighted by Gasteiger charge is 2.07. The number of pyridine rings is 1. The summed E-state index contributed by atoms with van der Waals surface area (Å²) in [6.45, 7) is 0. The van der Waals surface area contributed by atoms with E-state index < -0.39 is 11.7 Å². The predicted molar refractivity (Wildman–Crippen MR) is 96.0 cm³/mol. The van der Waals surface area contributed by atoms with E-state index in [1.807, 2.05) is 24.3 Å². The molecule has 1 aromatic heterocycles. The number of nitrogens with zero attached hydrogens (tertiary/aromatic N) is 1. The molecular weight excluding hydrogens is 373 g/mol. The van der Waals surface area contributed by atoms with Crippen molar-refractivity contribution >= 4 is 39.0 Å². The number of aromatic nitrogens is 1. The minimum Gasteiger partial charge on any atom is -0.354 e. The number of anilines is 3. The molecule has 24 heavy (non-hydrogen) atoms. The second-order valence-electron chi connectivity index (χ2n) is 5.03. The molecule has 0 aliphatic carbocycles. The van der Waals surface area contributed by atoms with Crippen LogP contribution in [0.15, 0.2) is 71.3 Å². The molecular formula is C18H13BrFN3O. The maximum Gasteiger partial charge on any atom is 0.256 e. The molecule has 0 unspecified atom stereocenters.